The molecule has 0 radical (unpaired) electrons. The molecular weight excluding hydrogens is 242 g/mol. The lowest BCUT2D eigenvalue weighted by Gasteiger charge is -2.01. The van der Waals surface area contributed by atoms with Gasteiger partial charge in [-0.1, -0.05) is 11.8 Å². The molecule has 17 heavy (non-hydrogen) atoms. The van der Waals surface area contributed by atoms with Crippen molar-refractivity contribution < 1.29 is 14.3 Å². The number of carbonyl (C=O) groups excluding carboxylic acids is 2. The van der Waals surface area contributed by atoms with E-state index in [0.29, 0.717) is 17.5 Å². The monoisotopic (exact) mass is 257 g/mol. The zero-order valence-electron chi connectivity index (χ0n) is 9.88. The summed E-state index contributed by atoms with van der Waals surface area (Å²) in [5.74, 6) is -0.0260. The van der Waals surface area contributed by atoms with E-state index < -0.39 is 0 Å². The smallest absolute Gasteiger partial charge is 0.306 e. The standard InChI is InChI=1S/C10H15N3O3S/c1-3-16-9(15)5-4-8(14)6-17-10-11-7-12-13(10)2/h7H,3-6H2,1-2H3. The quantitative estimate of drug-likeness (QED) is 0.532. The molecule has 0 saturated carbocycles. The van der Waals surface area contributed by atoms with E-state index in [2.05, 4.69) is 10.1 Å². The highest BCUT2D eigenvalue weighted by Gasteiger charge is 2.09. The normalized spacial score (nSPS) is 10.2. The van der Waals surface area contributed by atoms with Crippen molar-refractivity contribution in [2.24, 2.45) is 7.05 Å². The molecule has 0 fully saturated rings. The Bertz CT molecular complexity index is 392. The second-order valence-corrected chi connectivity index (χ2v) is 4.24. The van der Waals surface area contributed by atoms with Crippen LogP contribution in [0.2, 0.25) is 0 Å². The number of hydrogen-bond donors (Lipinski definition) is 0. The van der Waals surface area contributed by atoms with E-state index >= 15 is 0 Å². The highest BCUT2D eigenvalue weighted by molar-refractivity contribution is 7.99. The molecule has 94 valence electrons. The number of thioether (sulfide) groups is 1. The van der Waals surface area contributed by atoms with Crippen LogP contribution in [0.3, 0.4) is 0 Å². The number of Topliss-reactive ketones (excluding diaryl/α,β-unsaturated/α-hetero) is 1. The first kappa shape index (κ1) is 13.7. The molecule has 7 heteroatoms. The van der Waals surface area contributed by atoms with Gasteiger partial charge in [-0.2, -0.15) is 5.10 Å². The van der Waals surface area contributed by atoms with E-state index in [-0.39, 0.29) is 24.6 Å². The number of aryl methyl sites for hydroxylation is 1. The van der Waals surface area contributed by atoms with Crippen LogP contribution < -0.4 is 0 Å². The van der Waals surface area contributed by atoms with Gasteiger partial charge in [0.25, 0.3) is 0 Å². The lowest BCUT2D eigenvalue weighted by atomic mass is 10.2. The first-order chi connectivity index (χ1) is 8.13. The molecule has 0 bridgehead atoms. The molecule has 0 spiro atoms. The second kappa shape index (κ2) is 7.05. The Morgan fingerprint density at radius 2 is 2.24 bits per heavy atom. The third-order valence-corrected chi connectivity index (χ3v) is 3.04. The van der Waals surface area contributed by atoms with Gasteiger partial charge in [0.05, 0.1) is 18.8 Å². The summed E-state index contributed by atoms with van der Waals surface area (Å²) in [7, 11) is 1.76. The molecule has 0 aliphatic rings. The highest BCUT2D eigenvalue weighted by Crippen LogP contribution is 2.13. The van der Waals surface area contributed by atoms with E-state index in [9.17, 15) is 9.59 Å². The van der Waals surface area contributed by atoms with E-state index in [1.165, 1.54) is 18.1 Å². The fourth-order valence-electron chi connectivity index (χ4n) is 1.11. The lowest BCUT2D eigenvalue weighted by Crippen LogP contribution is -2.09. The van der Waals surface area contributed by atoms with E-state index in [4.69, 9.17) is 4.74 Å². The molecule has 0 aliphatic heterocycles. The number of ketones is 1. The maximum absolute atomic E-state index is 11.5. The van der Waals surface area contributed by atoms with Crippen LogP contribution in [0.4, 0.5) is 0 Å². The Morgan fingerprint density at radius 3 is 2.82 bits per heavy atom. The average molecular weight is 257 g/mol. The molecule has 1 heterocycles. The molecule has 0 aliphatic carbocycles. The molecule has 1 aromatic rings. The van der Waals surface area contributed by atoms with E-state index in [0.717, 1.165) is 0 Å². The zero-order valence-corrected chi connectivity index (χ0v) is 10.7. The van der Waals surface area contributed by atoms with Crippen LogP contribution in [0.15, 0.2) is 11.5 Å². The summed E-state index contributed by atoms with van der Waals surface area (Å²) < 4.78 is 6.34. The van der Waals surface area contributed by atoms with Crippen molar-refractivity contribution in [3.05, 3.63) is 6.33 Å². The predicted molar refractivity (Wildman–Crippen MR) is 62.6 cm³/mol. The minimum Gasteiger partial charge on any atom is -0.466 e. The fourth-order valence-corrected chi connectivity index (χ4v) is 1.90. The van der Waals surface area contributed by atoms with Crippen molar-refractivity contribution in [1.29, 1.82) is 0 Å². The van der Waals surface area contributed by atoms with Gasteiger partial charge in [0.2, 0.25) is 0 Å². The summed E-state index contributed by atoms with van der Waals surface area (Å²) in [6.45, 7) is 2.09. The molecule has 0 N–H and O–H groups in total. The molecular formula is C10H15N3O3S. The summed E-state index contributed by atoms with van der Waals surface area (Å²) in [6, 6.07) is 0. The second-order valence-electron chi connectivity index (χ2n) is 3.30. The van der Waals surface area contributed by atoms with Crippen LogP contribution >= 0.6 is 11.8 Å². The topological polar surface area (TPSA) is 74.1 Å². The highest BCUT2D eigenvalue weighted by atomic mass is 32.2. The fraction of sp³-hybridized carbons (Fsp3) is 0.600. The summed E-state index contributed by atoms with van der Waals surface area (Å²) in [6.07, 6.45) is 1.79. The van der Waals surface area contributed by atoms with Gasteiger partial charge in [-0.3, -0.25) is 9.59 Å². The number of hydrogen-bond acceptors (Lipinski definition) is 6. The number of aromatic nitrogens is 3. The predicted octanol–water partition coefficient (Wildman–Crippen LogP) is 0.820. The number of ether oxygens (including phenoxy) is 1. The third-order valence-electron chi connectivity index (χ3n) is 1.95. The number of carbonyl (C=O) groups is 2. The molecule has 0 saturated heterocycles. The molecule has 1 aromatic heterocycles. The van der Waals surface area contributed by atoms with Gasteiger partial charge in [-0.05, 0) is 6.92 Å². The van der Waals surface area contributed by atoms with Crippen molar-refractivity contribution in [3.8, 4) is 0 Å². The van der Waals surface area contributed by atoms with Crippen LogP contribution in [-0.4, -0.2) is 38.9 Å². The van der Waals surface area contributed by atoms with Gasteiger partial charge in [0.1, 0.15) is 12.1 Å². The summed E-state index contributed by atoms with van der Waals surface area (Å²) in [5, 5.41) is 4.58. The SMILES string of the molecule is CCOC(=O)CCC(=O)CSc1ncnn1C. The first-order valence-electron chi connectivity index (χ1n) is 5.27. The Balaban J connectivity index is 2.22. The molecule has 0 unspecified atom stereocenters. The third kappa shape index (κ3) is 4.99. The van der Waals surface area contributed by atoms with Crippen LogP contribution in [0.25, 0.3) is 0 Å². The Hall–Kier alpha value is -1.37. The largest absolute Gasteiger partial charge is 0.466 e. The number of rotatable bonds is 7. The van der Waals surface area contributed by atoms with Crippen molar-refractivity contribution in [2.45, 2.75) is 24.9 Å². The average Bonchev–Trinajstić information content (AvgIpc) is 2.70. The number of nitrogens with zero attached hydrogens (tertiary/aromatic N) is 3. The molecule has 0 amide bonds. The van der Waals surface area contributed by atoms with Crippen molar-refractivity contribution in [2.75, 3.05) is 12.4 Å². The van der Waals surface area contributed by atoms with Gasteiger partial charge in [-0.25, -0.2) is 9.67 Å². The van der Waals surface area contributed by atoms with Crippen LogP contribution in [-0.2, 0) is 21.4 Å². The van der Waals surface area contributed by atoms with Crippen molar-refractivity contribution in [1.82, 2.24) is 14.8 Å². The van der Waals surface area contributed by atoms with Gasteiger partial charge in [0.15, 0.2) is 5.16 Å². The van der Waals surface area contributed by atoms with Gasteiger partial charge in [0, 0.05) is 13.5 Å². The van der Waals surface area contributed by atoms with Crippen molar-refractivity contribution >= 4 is 23.5 Å². The maximum Gasteiger partial charge on any atom is 0.306 e. The number of esters is 1. The maximum atomic E-state index is 11.5. The van der Waals surface area contributed by atoms with E-state index in [1.807, 2.05) is 0 Å². The minimum absolute atomic E-state index is 0.00560. The van der Waals surface area contributed by atoms with Crippen LogP contribution in [0, 0.1) is 0 Å². The van der Waals surface area contributed by atoms with Gasteiger partial charge >= 0.3 is 5.97 Å². The Kier molecular flexibility index (Phi) is 5.68. The summed E-state index contributed by atoms with van der Waals surface area (Å²) >= 11 is 1.31. The molecule has 0 atom stereocenters. The van der Waals surface area contributed by atoms with Crippen molar-refractivity contribution in [3.63, 3.8) is 0 Å². The molecule has 6 nitrogen and oxygen atoms in total. The summed E-state index contributed by atoms with van der Waals surface area (Å²) in [5.41, 5.74) is 0. The first-order valence-corrected chi connectivity index (χ1v) is 6.26. The Morgan fingerprint density at radius 1 is 1.47 bits per heavy atom. The van der Waals surface area contributed by atoms with Gasteiger partial charge < -0.3 is 4.74 Å². The van der Waals surface area contributed by atoms with E-state index in [1.54, 1.807) is 18.7 Å². The van der Waals surface area contributed by atoms with Crippen LogP contribution in [0.1, 0.15) is 19.8 Å². The summed E-state index contributed by atoms with van der Waals surface area (Å²) in [4.78, 5) is 26.5. The zero-order chi connectivity index (χ0) is 12.7. The lowest BCUT2D eigenvalue weighted by molar-refractivity contribution is -0.144. The Labute approximate surface area is 104 Å². The minimum atomic E-state index is -0.329. The van der Waals surface area contributed by atoms with Gasteiger partial charge in [-0.15, -0.1) is 0 Å². The van der Waals surface area contributed by atoms with Crippen LogP contribution in [0.5, 0.6) is 0 Å². The molecule has 0 aromatic carbocycles. The molecule has 1 rings (SSSR count).